The summed E-state index contributed by atoms with van der Waals surface area (Å²) in [6.45, 7) is 1.92. The van der Waals surface area contributed by atoms with Crippen LogP contribution in [0, 0.1) is 6.92 Å². The Labute approximate surface area is 138 Å². The van der Waals surface area contributed by atoms with E-state index in [1.54, 1.807) is 18.2 Å². The number of nitrogens with zero attached hydrogens (tertiary/aromatic N) is 1. The van der Waals surface area contributed by atoms with E-state index in [1.807, 2.05) is 18.4 Å². The Kier molecular flexibility index (Phi) is 4.17. The van der Waals surface area contributed by atoms with Crippen molar-refractivity contribution in [1.82, 2.24) is 10.3 Å². The van der Waals surface area contributed by atoms with Gasteiger partial charge in [-0.05, 0) is 31.9 Å². The van der Waals surface area contributed by atoms with Crippen molar-refractivity contribution in [3.8, 4) is 10.6 Å². The minimum absolute atomic E-state index is 0.343. The highest BCUT2D eigenvalue weighted by Crippen LogP contribution is 2.30. The molecule has 2 aromatic rings. The molecule has 1 fully saturated rings. The van der Waals surface area contributed by atoms with Gasteiger partial charge in [0.1, 0.15) is 10.5 Å². The number of aromatic nitrogens is 1. The van der Waals surface area contributed by atoms with Gasteiger partial charge in [-0.15, -0.1) is 11.3 Å². The van der Waals surface area contributed by atoms with Gasteiger partial charge in [-0.3, -0.25) is 4.79 Å². The van der Waals surface area contributed by atoms with Crippen molar-refractivity contribution >= 4 is 23.2 Å². The van der Waals surface area contributed by atoms with Gasteiger partial charge in [0.2, 0.25) is 0 Å². The minimum Gasteiger partial charge on any atom is -0.480 e. The highest BCUT2D eigenvalue weighted by atomic mass is 32.1. The zero-order valence-corrected chi connectivity index (χ0v) is 13.7. The van der Waals surface area contributed by atoms with Crippen LogP contribution >= 0.6 is 11.3 Å². The molecule has 2 N–H and O–H groups in total. The fraction of sp³-hybridized carbons (Fsp3) is 0.353. The number of carbonyl (C=O) groups excluding carboxylic acids is 1. The van der Waals surface area contributed by atoms with E-state index in [-0.39, 0.29) is 5.91 Å². The number of carboxylic acid groups (broad SMARTS) is 1. The van der Waals surface area contributed by atoms with E-state index in [4.69, 9.17) is 0 Å². The van der Waals surface area contributed by atoms with Crippen LogP contribution in [-0.4, -0.2) is 27.5 Å². The molecule has 3 rings (SSSR count). The zero-order valence-electron chi connectivity index (χ0n) is 12.8. The lowest BCUT2D eigenvalue weighted by molar-refractivity contribution is -0.144. The largest absolute Gasteiger partial charge is 0.480 e. The van der Waals surface area contributed by atoms with Crippen molar-refractivity contribution in [3.63, 3.8) is 0 Å². The Hall–Kier alpha value is -2.21. The first-order chi connectivity index (χ1) is 11.0. The number of nitrogens with one attached hydrogen (secondary N) is 1. The molecule has 1 amide bonds. The summed E-state index contributed by atoms with van der Waals surface area (Å²) in [6, 6.07) is 7.16. The maximum atomic E-state index is 12.5. The van der Waals surface area contributed by atoms with Gasteiger partial charge in [0.15, 0.2) is 0 Å². The van der Waals surface area contributed by atoms with E-state index in [1.165, 1.54) is 11.3 Å². The van der Waals surface area contributed by atoms with Gasteiger partial charge in [-0.1, -0.05) is 25.0 Å². The molecule has 0 aliphatic heterocycles. The van der Waals surface area contributed by atoms with Crippen molar-refractivity contribution in [2.24, 2.45) is 0 Å². The number of amides is 1. The summed E-state index contributed by atoms with van der Waals surface area (Å²) >= 11 is 1.52. The second-order valence-electron chi connectivity index (χ2n) is 5.92. The molecule has 0 saturated heterocycles. The lowest BCUT2D eigenvalue weighted by Crippen LogP contribution is -2.52. The zero-order chi connectivity index (χ0) is 16.4. The number of carbonyl (C=O) groups is 2. The molecule has 5 nitrogen and oxygen atoms in total. The van der Waals surface area contributed by atoms with E-state index in [0.717, 1.165) is 29.1 Å². The monoisotopic (exact) mass is 330 g/mol. The predicted molar refractivity (Wildman–Crippen MR) is 88.6 cm³/mol. The summed E-state index contributed by atoms with van der Waals surface area (Å²) in [6.07, 6.45) is 2.62. The summed E-state index contributed by atoms with van der Waals surface area (Å²) < 4.78 is 0. The van der Waals surface area contributed by atoms with E-state index < -0.39 is 11.5 Å². The highest BCUT2D eigenvalue weighted by Gasteiger charge is 2.42. The first-order valence-corrected chi connectivity index (χ1v) is 8.47. The number of aryl methyl sites for hydroxylation is 1. The molecule has 6 heteroatoms. The van der Waals surface area contributed by atoms with Crippen LogP contribution in [0.25, 0.3) is 10.6 Å². The van der Waals surface area contributed by atoms with Crippen molar-refractivity contribution in [2.75, 3.05) is 0 Å². The highest BCUT2D eigenvalue weighted by molar-refractivity contribution is 7.13. The molecule has 0 unspecified atom stereocenters. The lowest BCUT2D eigenvalue weighted by atomic mass is 9.97. The van der Waals surface area contributed by atoms with Gasteiger partial charge in [0.25, 0.3) is 5.91 Å². The van der Waals surface area contributed by atoms with E-state index in [0.29, 0.717) is 18.4 Å². The molecule has 0 bridgehead atoms. The number of rotatable bonds is 4. The molecule has 1 aliphatic carbocycles. The Morgan fingerprint density at radius 3 is 2.65 bits per heavy atom. The number of carboxylic acids is 1. The molecule has 0 atom stereocenters. The molecule has 0 spiro atoms. The second-order valence-corrected chi connectivity index (χ2v) is 6.78. The fourth-order valence-corrected chi connectivity index (χ4v) is 3.74. The Morgan fingerprint density at radius 1 is 1.30 bits per heavy atom. The van der Waals surface area contributed by atoms with Gasteiger partial charge in [0, 0.05) is 22.2 Å². The van der Waals surface area contributed by atoms with Gasteiger partial charge in [-0.25, -0.2) is 9.78 Å². The van der Waals surface area contributed by atoms with Crippen molar-refractivity contribution in [2.45, 2.75) is 38.1 Å². The summed E-state index contributed by atoms with van der Waals surface area (Å²) in [5, 5.41) is 15.0. The van der Waals surface area contributed by atoms with Crippen LogP contribution in [-0.2, 0) is 4.79 Å². The average Bonchev–Trinajstić information content (AvgIpc) is 3.17. The number of hydrogen-bond acceptors (Lipinski definition) is 4. The number of benzene rings is 1. The summed E-state index contributed by atoms with van der Waals surface area (Å²) in [7, 11) is 0. The molecule has 1 aromatic carbocycles. The maximum Gasteiger partial charge on any atom is 0.329 e. The van der Waals surface area contributed by atoms with Crippen LogP contribution in [0.2, 0.25) is 0 Å². The van der Waals surface area contributed by atoms with Crippen LogP contribution < -0.4 is 5.32 Å². The quantitative estimate of drug-likeness (QED) is 0.902. The molecule has 0 radical (unpaired) electrons. The molecule has 120 valence electrons. The second kappa shape index (κ2) is 6.12. The standard InChI is InChI=1S/C17H18N2O3S/c1-11-10-23-15(18-11)13-6-4-5-12(9-13)14(20)19-17(16(21)22)7-2-3-8-17/h4-6,9-10H,2-3,7-8H2,1H3,(H,19,20)(H,21,22). The topological polar surface area (TPSA) is 79.3 Å². The van der Waals surface area contributed by atoms with Gasteiger partial charge in [-0.2, -0.15) is 0 Å². The third-order valence-electron chi connectivity index (χ3n) is 4.21. The average molecular weight is 330 g/mol. The van der Waals surface area contributed by atoms with E-state index >= 15 is 0 Å². The summed E-state index contributed by atoms with van der Waals surface area (Å²) in [4.78, 5) is 28.5. The minimum atomic E-state index is -1.12. The molecule has 1 saturated carbocycles. The van der Waals surface area contributed by atoms with Crippen LogP contribution in [0.4, 0.5) is 0 Å². The first-order valence-electron chi connectivity index (χ1n) is 7.59. The molecule has 23 heavy (non-hydrogen) atoms. The van der Waals surface area contributed by atoms with Gasteiger partial charge in [0.05, 0.1) is 0 Å². The molecule has 1 aliphatic rings. The molecular formula is C17H18N2O3S. The number of aliphatic carboxylic acids is 1. The van der Waals surface area contributed by atoms with Crippen LogP contribution in [0.3, 0.4) is 0 Å². The SMILES string of the molecule is Cc1csc(-c2cccc(C(=O)NC3(C(=O)O)CCCC3)c2)n1. The van der Waals surface area contributed by atoms with Crippen LogP contribution in [0.1, 0.15) is 41.7 Å². The Bertz CT molecular complexity index is 748. The van der Waals surface area contributed by atoms with Crippen molar-refractivity contribution in [3.05, 3.63) is 40.9 Å². The maximum absolute atomic E-state index is 12.5. The molecule has 1 heterocycles. The number of hydrogen-bond donors (Lipinski definition) is 2. The van der Waals surface area contributed by atoms with Crippen LogP contribution in [0.5, 0.6) is 0 Å². The Morgan fingerprint density at radius 2 is 2.04 bits per heavy atom. The van der Waals surface area contributed by atoms with E-state index in [9.17, 15) is 14.7 Å². The third kappa shape index (κ3) is 3.12. The summed E-state index contributed by atoms with van der Waals surface area (Å²) in [5.74, 6) is -1.29. The molecular weight excluding hydrogens is 312 g/mol. The van der Waals surface area contributed by atoms with Crippen molar-refractivity contribution in [1.29, 1.82) is 0 Å². The third-order valence-corrected chi connectivity index (χ3v) is 5.22. The van der Waals surface area contributed by atoms with E-state index in [2.05, 4.69) is 10.3 Å². The van der Waals surface area contributed by atoms with Crippen LogP contribution in [0.15, 0.2) is 29.6 Å². The smallest absolute Gasteiger partial charge is 0.329 e. The normalized spacial score (nSPS) is 16.2. The first kappa shape index (κ1) is 15.7. The lowest BCUT2D eigenvalue weighted by Gasteiger charge is -2.25. The molecule has 1 aromatic heterocycles. The van der Waals surface area contributed by atoms with Gasteiger partial charge < -0.3 is 10.4 Å². The summed E-state index contributed by atoms with van der Waals surface area (Å²) in [5.41, 5.74) is 1.15. The van der Waals surface area contributed by atoms with Crippen molar-refractivity contribution < 1.29 is 14.7 Å². The fourth-order valence-electron chi connectivity index (χ4n) is 2.94. The predicted octanol–water partition coefficient (Wildman–Crippen LogP) is 3.25. The Balaban J connectivity index is 1.84. The number of thiazole rings is 1. The van der Waals surface area contributed by atoms with Gasteiger partial charge >= 0.3 is 5.97 Å².